The predicted molar refractivity (Wildman–Crippen MR) is 101 cm³/mol. The number of phenolic OH excluding ortho intramolecular Hbond substituents is 3. The largest absolute Gasteiger partial charge is 0.508 e. The van der Waals surface area contributed by atoms with Crippen LogP contribution in [0.1, 0.15) is 51.4 Å². The lowest BCUT2D eigenvalue weighted by Gasteiger charge is -2.47. The Hall–Kier alpha value is -3.47. The molecule has 0 amide bonds. The summed E-state index contributed by atoms with van der Waals surface area (Å²) in [6, 6.07) is 13.9. The summed E-state index contributed by atoms with van der Waals surface area (Å²) in [5.74, 6) is 0.0927. The Morgan fingerprint density at radius 3 is 2.54 bits per heavy atom. The number of fused-ring (bicyclic) bond motifs is 5. The molecule has 0 saturated heterocycles. The summed E-state index contributed by atoms with van der Waals surface area (Å²) in [6.45, 7) is 0. The number of Topliss-reactive ketones (excluding diaryl/α,β-unsaturated/α-hetero) is 1. The second-order valence-corrected chi connectivity index (χ2v) is 7.69. The fourth-order valence-electron chi connectivity index (χ4n) is 5.25. The quantitative estimate of drug-likeness (QED) is 0.545. The third kappa shape index (κ3) is 1.78. The van der Waals surface area contributed by atoms with Gasteiger partial charge in [-0.25, -0.2) is 0 Å². The van der Waals surface area contributed by atoms with Crippen LogP contribution in [0.3, 0.4) is 0 Å². The molecule has 3 N–H and O–H groups in total. The van der Waals surface area contributed by atoms with E-state index in [0.717, 1.165) is 16.9 Å². The molecule has 5 heteroatoms. The number of benzene rings is 3. The van der Waals surface area contributed by atoms with Crippen LogP contribution in [-0.4, -0.2) is 21.1 Å². The zero-order valence-corrected chi connectivity index (χ0v) is 14.7. The van der Waals surface area contributed by atoms with E-state index in [0.29, 0.717) is 16.7 Å². The van der Waals surface area contributed by atoms with Gasteiger partial charge < -0.3 is 20.1 Å². The number of hydrogen-bond acceptors (Lipinski definition) is 5. The molecule has 6 rings (SSSR count). The van der Waals surface area contributed by atoms with Crippen molar-refractivity contribution in [2.75, 3.05) is 0 Å². The summed E-state index contributed by atoms with van der Waals surface area (Å²) in [5.41, 5.74) is 3.92. The maximum absolute atomic E-state index is 13.0. The van der Waals surface area contributed by atoms with Gasteiger partial charge in [-0.3, -0.25) is 4.79 Å². The number of para-hydroxylation sites is 1. The highest BCUT2D eigenvalue weighted by Crippen LogP contribution is 2.63. The zero-order chi connectivity index (χ0) is 19.2. The Bertz CT molecular complexity index is 1200. The molecular formula is C23H16O5. The average molecular weight is 372 g/mol. The molecular weight excluding hydrogens is 356 g/mol. The topological polar surface area (TPSA) is 87.0 Å². The van der Waals surface area contributed by atoms with E-state index in [1.807, 2.05) is 24.3 Å². The standard InChI is InChI=1S/C23H16O5/c24-10-5-6-12-14(7-10)23-20-13(11-3-1-2-4-18(11)28-23)8-15(25)21-17(27)9-16(26)19(12)22(20)21/h1-7,9,13,20,23-24,26-27H,8H2/t13-,20+,23+/m0/s1. The number of hydrogen-bond donors (Lipinski definition) is 3. The third-order valence-corrected chi connectivity index (χ3v) is 6.28. The number of phenols is 3. The van der Waals surface area contributed by atoms with Crippen molar-refractivity contribution < 1.29 is 24.9 Å². The molecule has 0 saturated carbocycles. The Morgan fingerprint density at radius 2 is 1.68 bits per heavy atom. The number of carbonyl (C=O) groups is 1. The fraction of sp³-hybridized carbons (Fsp3) is 0.174. The first-order chi connectivity index (χ1) is 13.5. The summed E-state index contributed by atoms with van der Waals surface area (Å²) >= 11 is 0. The van der Waals surface area contributed by atoms with Gasteiger partial charge in [-0.2, -0.15) is 0 Å². The first kappa shape index (κ1) is 15.6. The van der Waals surface area contributed by atoms with Crippen molar-refractivity contribution in [2.45, 2.75) is 24.4 Å². The summed E-state index contributed by atoms with van der Waals surface area (Å²) in [5, 5.41) is 31.2. The van der Waals surface area contributed by atoms with Crippen LogP contribution >= 0.6 is 0 Å². The van der Waals surface area contributed by atoms with Gasteiger partial charge in [0.1, 0.15) is 29.1 Å². The second kappa shape index (κ2) is 5.07. The SMILES string of the molecule is O=C1C[C@H]2c3ccccc3O[C@@H]3c4cc(O)ccc4-c4c(O)cc(O)c1c4[C@H]32. The molecule has 3 aromatic carbocycles. The molecule has 0 bridgehead atoms. The number of ether oxygens (including phenoxy) is 1. The molecule has 0 radical (unpaired) electrons. The highest BCUT2D eigenvalue weighted by molar-refractivity contribution is 6.05. The monoisotopic (exact) mass is 372 g/mol. The number of rotatable bonds is 0. The lowest BCUT2D eigenvalue weighted by atomic mass is 9.61. The van der Waals surface area contributed by atoms with E-state index in [9.17, 15) is 20.1 Å². The molecule has 3 atom stereocenters. The van der Waals surface area contributed by atoms with E-state index in [4.69, 9.17) is 4.74 Å². The van der Waals surface area contributed by atoms with E-state index < -0.39 is 6.10 Å². The van der Waals surface area contributed by atoms with Crippen molar-refractivity contribution in [3.8, 4) is 34.1 Å². The first-order valence-corrected chi connectivity index (χ1v) is 9.25. The summed E-state index contributed by atoms with van der Waals surface area (Å²) < 4.78 is 6.36. The minimum Gasteiger partial charge on any atom is -0.508 e. The van der Waals surface area contributed by atoms with Crippen LogP contribution in [0.25, 0.3) is 11.1 Å². The fourth-order valence-corrected chi connectivity index (χ4v) is 5.25. The molecule has 2 aliphatic carbocycles. The molecule has 138 valence electrons. The Kier molecular flexibility index (Phi) is 2.82. The van der Waals surface area contributed by atoms with Gasteiger partial charge in [-0.05, 0) is 34.9 Å². The summed E-state index contributed by atoms with van der Waals surface area (Å²) in [7, 11) is 0. The first-order valence-electron chi connectivity index (χ1n) is 9.25. The second-order valence-electron chi connectivity index (χ2n) is 7.69. The zero-order valence-electron chi connectivity index (χ0n) is 14.7. The number of aromatic hydroxyl groups is 3. The van der Waals surface area contributed by atoms with Crippen LogP contribution in [0.5, 0.6) is 23.0 Å². The lowest BCUT2D eigenvalue weighted by molar-refractivity contribution is 0.0868. The smallest absolute Gasteiger partial charge is 0.167 e. The molecule has 5 nitrogen and oxygen atoms in total. The number of carbonyl (C=O) groups excluding carboxylic acids is 1. The summed E-state index contributed by atoms with van der Waals surface area (Å²) in [4.78, 5) is 13.0. The molecule has 1 heterocycles. The maximum Gasteiger partial charge on any atom is 0.167 e. The normalized spacial score (nSPS) is 23.3. The average Bonchev–Trinajstić information content (AvgIpc) is 2.67. The van der Waals surface area contributed by atoms with Crippen LogP contribution in [0.15, 0.2) is 48.5 Å². The van der Waals surface area contributed by atoms with E-state index in [1.165, 1.54) is 6.07 Å². The molecule has 0 aromatic heterocycles. The van der Waals surface area contributed by atoms with Gasteiger partial charge in [0, 0.05) is 35.4 Å². The highest BCUT2D eigenvalue weighted by Gasteiger charge is 2.51. The van der Waals surface area contributed by atoms with Crippen LogP contribution in [0, 0.1) is 0 Å². The lowest BCUT2D eigenvalue weighted by Crippen LogP contribution is -2.36. The Balaban J connectivity index is 1.76. The molecule has 3 aromatic rings. The van der Waals surface area contributed by atoms with Crippen LogP contribution in [-0.2, 0) is 0 Å². The Morgan fingerprint density at radius 1 is 0.893 bits per heavy atom. The van der Waals surface area contributed by atoms with Gasteiger partial charge in [0.25, 0.3) is 0 Å². The van der Waals surface area contributed by atoms with Gasteiger partial charge in [0.05, 0.1) is 5.56 Å². The van der Waals surface area contributed by atoms with E-state index in [-0.39, 0.29) is 46.9 Å². The molecule has 3 aliphatic rings. The molecule has 0 unspecified atom stereocenters. The predicted octanol–water partition coefficient (Wildman–Crippen LogP) is 4.37. The van der Waals surface area contributed by atoms with Crippen molar-refractivity contribution in [2.24, 2.45) is 0 Å². The summed E-state index contributed by atoms with van der Waals surface area (Å²) in [6.07, 6.45) is -0.150. The molecule has 28 heavy (non-hydrogen) atoms. The van der Waals surface area contributed by atoms with Crippen molar-refractivity contribution in [1.29, 1.82) is 0 Å². The van der Waals surface area contributed by atoms with Crippen molar-refractivity contribution >= 4 is 5.78 Å². The van der Waals surface area contributed by atoms with E-state index in [1.54, 1.807) is 18.2 Å². The maximum atomic E-state index is 13.0. The molecule has 0 fully saturated rings. The van der Waals surface area contributed by atoms with Gasteiger partial charge >= 0.3 is 0 Å². The third-order valence-electron chi connectivity index (χ3n) is 6.28. The van der Waals surface area contributed by atoms with Crippen molar-refractivity contribution in [3.63, 3.8) is 0 Å². The highest BCUT2D eigenvalue weighted by atomic mass is 16.5. The van der Waals surface area contributed by atoms with Crippen LogP contribution in [0.4, 0.5) is 0 Å². The minimum absolute atomic E-state index is 0.0750. The molecule has 0 spiro atoms. The van der Waals surface area contributed by atoms with E-state index in [2.05, 4.69) is 0 Å². The van der Waals surface area contributed by atoms with Crippen LogP contribution in [0.2, 0.25) is 0 Å². The van der Waals surface area contributed by atoms with Gasteiger partial charge in [-0.1, -0.05) is 24.3 Å². The Labute approximate surface area is 160 Å². The van der Waals surface area contributed by atoms with Crippen molar-refractivity contribution in [1.82, 2.24) is 0 Å². The van der Waals surface area contributed by atoms with Gasteiger partial charge in [0.15, 0.2) is 5.78 Å². The van der Waals surface area contributed by atoms with E-state index >= 15 is 0 Å². The minimum atomic E-state index is -0.414. The van der Waals surface area contributed by atoms with Crippen LogP contribution < -0.4 is 4.74 Å². The molecule has 1 aliphatic heterocycles. The number of ketones is 1. The van der Waals surface area contributed by atoms with Gasteiger partial charge in [0.2, 0.25) is 0 Å². The van der Waals surface area contributed by atoms with Crippen molar-refractivity contribution in [3.05, 3.63) is 70.8 Å². The van der Waals surface area contributed by atoms with Gasteiger partial charge in [-0.15, -0.1) is 0 Å².